The van der Waals surface area contributed by atoms with Crippen molar-refractivity contribution >= 4 is 5.69 Å². The Balaban J connectivity index is 2.69. The molecule has 0 spiro atoms. The second-order valence-corrected chi connectivity index (χ2v) is 4.64. The average Bonchev–Trinajstić information content (AvgIpc) is 2.21. The van der Waals surface area contributed by atoms with Crippen molar-refractivity contribution < 1.29 is 9.47 Å². The van der Waals surface area contributed by atoms with Crippen molar-refractivity contribution in [3.05, 3.63) is 23.8 Å². The molecular formula is C14H23NO2. The highest BCUT2D eigenvalue weighted by atomic mass is 16.5. The van der Waals surface area contributed by atoms with E-state index >= 15 is 0 Å². The van der Waals surface area contributed by atoms with Gasteiger partial charge in [-0.05, 0) is 51.5 Å². The predicted molar refractivity (Wildman–Crippen MR) is 71.9 cm³/mol. The number of benzene rings is 1. The van der Waals surface area contributed by atoms with E-state index in [2.05, 4.69) is 31.3 Å². The first kappa shape index (κ1) is 13.8. The Morgan fingerprint density at radius 3 is 2.47 bits per heavy atom. The normalized spacial score (nSPS) is 12.6. The van der Waals surface area contributed by atoms with E-state index in [9.17, 15) is 0 Å². The fraction of sp³-hybridized carbons (Fsp3) is 0.571. The third kappa shape index (κ3) is 4.65. The maximum Gasteiger partial charge on any atom is 0.120 e. The minimum atomic E-state index is 0.209. The van der Waals surface area contributed by atoms with E-state index in [1.807, 2.05) is 19.9 Å². The summed E-state index contributed by atoms with van der Waals surface area (Å²) in [6.07, 6.45) is 0.209. The van der Waals surface area contributed by atoms with Gasteiger partial charge in [-0.1, -0.05) is 0 Å². The van der Waals surface area contributed by atoms with Crippen LogP contribution < -0.4 is 10.1 Å². The van der Waals surface area contributed by atoms with Crippen LogP contribution in [0.25, 0.3) is 0 Å². The fourth-order valence-corrected chi connectivity index (χ4v) is 1.70. The van der Waals surface area contributed by atoms with E-state index in [4.69, 9.17) is 9.47 Å². The molecule has 0 aliphatic rings. The lowest BCUT2D eigenvalue weighted by Crippen LogP contribution is -2.21. The highest BCUT2D eigenvalue weighted by Crippen LogP contribution is 2.22. The highest BCUT2D eigenvalue weighted by Gasteiger charge is 2.05. The predicted octanol–water partition coefficient (Wildman–Crippen LogP) is 3.23. The smallest absolute Gasteiger partial charge is 0.120 e. The minimum absolute atomic E-state index is 0.209. The van der Waals surface area contributed by atoms with Gasteiger partial charge in [0.25, 0.3) is 0 Å². The molecule has 0 aliphatic carbocycles. The Hall–Kier alpha value is -1.22. The lowest BCUT2D eigenvalue weighted by atomic mass is 10.1. The summed E-state index contributed by atoms with van der Waals surface area (Å²) in [6, 6.07) is 6.41. The van der Waals surface area contributed by atoms with E-state index in [-0.39, 0.29) is 6.10 Å². The Morgan fingerprint density at radius 1 is 1.24 bits per heavy atom. The molecule has 1 N–H and O–H groups in total. The molecule has 0 fully saturated rings. The van der Waals surface area contributed by atoms with Crippen LogP contribution in [0.4, 0.5) is 5.69 Å². The largest absolute Gasteiger partial charge is 0.491 e. The quantitative estimate of drug-likeness (QED) is 0.824. The molecule has 1 atom stereocenters. The zero-order valence-electron chi connectivity index (χ0n) is 11.4. The van der Waals surface area contributed by atoms with Crippen LogP contribution in [-0.4, -0.2) is 25.9 Å². The number of ether oxygens (including phenoxy) is 2. The molecule has 1 aromatic carbocycles. The molecule has 17 heavy (non-hydrogen) atoms. The Kier molecular flexibility index (Phi) is 5.29. The third-order valence-electron chi connectivity index (χ3n) is 2.39. The average molecular weight is 237 g/mol. The zero-order valence-corrected chi connectivity index (χ0v) is 11.4. The SMILES string of the molecule is COCC(C)Nc1ccc(OC(C)C)cc1C. The van der Waals surface area contributed by atoms with Crippen LogP contribution in [-0.2, 0) is 4.74 Å². The number of hydrogen-bond acceptors (Lipinski definition) is 3. The molecule has 96 valence electrons. The fourth-order valence-electron chi connectivity index (χ4n) is 1.70. The Labute approximate surface area is 104 Å². The van der Waals surface area contributed by atoms with Crippen LogP contribution in [0, 0.1) is 6.92 Å². The third-order valence-corrected chi connectivity index (χ3v) is 2.39. The number of rotatable bonds is 6. The molecule has 1 rings (SSSR count). The molecule has 1 aromatic rings. The molecule has 0 aliphatic heterocycles. The minimum Gasteiger partial charge on any atom is -0.491 e. The number of anilines is 1. The van der Waals surface area contributed by atoms with E-state index in [0.717, 1.165) is 11.4 Å². The van der Waals surface area contributed by atoms with Gasteiger partial charge in [-0.3, -0.25) is 0 Å². The molecule has 0 radical (unpaired) electrons. The van der Waals surface area contributed by atoms with Gasteiger partial charge >= 0.3 is 0 Å². The van der Waals surface area contributed by atoms with E-state index in [1.54, 1.807) is 7.11 Å². The first-order valence-electron chi connectivity index (χ1n) is 6.05. The summed E-state index contributed by atoms with van der Waals surface area (Å²) in [7, 11) is 1.71. The first-order valence-corrected chi connectivity index (χ1v) is 6.05. The van der Waals surface area contributed by atoms with Crippen LogP contribution in [0.15, 0.2) is 18.2 Å². The van der Waals surface area contributed by atoms with Gasteiger partial charge in [0.2, 0.25) is 0 Å². The van der Waals surface area contributed by atoms with Gasteiger partial charge in [-0.15, -0.1) is 0 Å². The molecule has 0 amide bonds. The zero-order chi connectivity index (χ0) is 12.8. The molecule has 0 heterocycles. The summed E-state index contributed by atoms with van der Waals surface area (Å²) in [4.78, 5) is 0. The molecule has 0 aromatic heterocycles. The molecule has 3 heteroatoms. The standard InChI is InChI=1S/C14H23NO2/c1-10(2)17-13-6-7-14(11(3)8-13)15-12(4)9-16-5/h6-8,10,12,15H,9H2,1-5H3. The lowest BCUT2D eigenvalue weighted by molar-refractivity contribution is 0.190. The van der Waals surface area contributed by atoms with Crippen LogP contribution in [0.2, 0.25) is 0 Å². The van der Waals surface area contributed by atoms with Gasteiger partial charge < -0.3 is 14.8 Å². The van der Waals surface area contributed by atoms with Gasteiger partial charge in [0.15, 0.2) is 0 Å². The van der Waals surface area contributed by atoms with E-state index in [1.165, 1.54) is 5.56 Å². The number of aryl methyl sites for hydroxylation is 1. The number of hydrogen-bond donors (Lipinski definition) is 1. The van der Waals surface area contributed by atoms with Crippen LogP contribution in [0.5, 0.6) is 5.75 Å². The van der Waals surface area contributed by atoms with E-state index in [0.29, 0.717) is 12.6 Å². The van der Waals surface area contributed by atoms with Crippen LogP contribution >= 0.6 is 0 Å². The monoisotopic (exact) mass is 237 g/mol. The van der Waals surface area contributed by atoms with Crippen molar-refractivity contribution in [2.24, 2.45) is 0 Å². The molecule has 0 saturated heterocycles. The van der Waals surface area contributed by atoms with Gasteiger partial charge in [0, 0.05) is 18.8 Å². The molecule has 0 bridgehead atoms. The second kappa shape index (κ2) is 6.50. The summed E-state index contributed by atoms with van der Waals surface area (Å²) in [5, 5.41) is 3.41. The van der Waals surface area contributed by atoms with Crippen LogP contribution in [0.1, 0.15) is 26.3 Å². The van der Waals surface area contributed by atoms with Crippen molar-refractivity contribution in [1.82, 2.24) is 0 Å². The molecule has 3 nitrogen and oxygen atoms in total. The van der Waals surface area contributed by atoms with Gasteiger partial charge in [-0.2, -0.15) is 0 Å². The first-order chi connectivity index (χ1) is 8.02. The number of nitrogens with one attached hydrogen (secondary N) is 1. The molecular weight excluding hydrogens is 214 g/mol. The van der Waals surface area contributed by atoms with Crippen molar-refractivity contribution in [2.75, 3.05) is 19.0 Å². The number of methoxy groups -OCH3 is 1. The van der Waals surface area contributed by atoms with Crippen molar-refractivity contribution in [1.29, 1.82) is 0 Å². The van der Waals surface area contributed by atoms with Gasteiger partial charge in [0.05, 0.1) is 12.7 Å². The highest BCUT2D eigenvalue weighted by molar-refractivity contribution is 5.54. The maximum absolute atomic E-state index is 5.65. The van der Waals surface area contributed by atoms with E-state index < -0.39 is 0 Å². The van der Waals surface area contributed by atoms with Gasteiger partial charge in [0.1, 0.15) is 5.75 Å². The summed E-state index contributed by atoms with van der Waals surface area (Å²) in [5.41, 5.74) is 2.32. The summed E-state index contributed by atoms with van der Waals surface area (Å²) >= 11 is 0. The molecule has 0 saturated carbocycles. The molecule has 1 unspecified atom stereocenters. The maximum atomic E-state index is 5.65. The van der Waals surface area contributed by atoms with Crippen molar-refractivity contribution in [3.63, 3.8) is 0 Å². The lowest BCUT2D eigenvalue weighted by Gasteiger charge is -2.17. The Bertz CT molecular complexity index is 350. The van der Waals surface area contributed by atoms with Gasteiger partial charge in [-0.25, -0.2) is 0 Å². The summed E-state index contributed by atoms with van der Waals surface area (Å²) in [6.45, 7) is 8.94. The second-order valence-electron chi connectivity index (χ2n) is 4.64. The summed E-state index contributed by atoms with van der Waals surface area (Å²) in [5.74, 6) is 0.919. The topological polar surface area (TPSA) is 30.5 Å². The Morgan fingerprint density at radius 2 is 1.94 bits per heavy atom. The van der Waals surface area contributed by atoms with Crippen LogP contribution in [0.3, 0.4) is 0 Å². The summed E-state index contributed by atoms with van der Waals surface area (Å²) < 4.78 is 10.8. The van der Waals surface area contributed by atoms with Crippen molar-refractivity contribution in [2.45, 2.75) is 39.8 Å². The van der Waals surface area contributed by atoms with Crippen molar-refractivity contribution in [3.8, 4) is 5.75 Å².